The van der Waals surface area contributed by atoms with Crippen molar-refractivity contribution in [3.63, 3.8) is 0 Å². The smallest absolute Gasteiger partial charge is 0.237 e. The Labute approximate surface area is 98.4 Å². The summed E-state index contributed by atoms with van der Waals surface area (Å²) in [7, 11) is 0. The number of nitrogens with one attached hydrogen (secondary N) is 3. The highest BCUT2D eigenvalue weighted by atomic mass is 16.2. The van der Waals surface area contributed by atoms with Crippen LogP contribution in [0.1, 0.15) is 25.7 Å². The summed E-state index contributed by atoms with van der Waals surface area (Å²) >= 11 is 0. The number of hydrogen-bond acceptors (Lipinski definition) is 6. The van der Waals surface area contributed by atoms with Gasteiger partial charge >= 0.3 is 0 Å². The Hall–Kier alpha value is -1.71. The van der Waals surface area contributed by atoms with Crippen LogP contribution < -0.4 is 33.8 Å². The SMILES string of the molecule is NNC(=O)CCCC(CC(=O)NN)C(=O)NN. The van der Waals surface area contributed by atoms with Gasteiger partial charge < -0.3 is 0 Å². The molecular weight excluding hydrogens is 228 g/mol. The summed E-state index contributed by atoms with van der Waals surface area (Å²) in [6, 6.07) is 0. The van der Waals surface area contributed by atoms with Gasteiger partial charge in [0.05, 0.1) is 0 Å². The zero-order valence-electron chi connectivity index (χ0n) is 9.36. The van der Waals surface area contributed by atoms with Crippen molar-refractivity contribution in [2.45, 2.75) is 25.7 Å². The quantitative estimate of drug-likeness (QED) is 0.160. The van der Waals surface area contributed by atoms with Crippen LogP contribution in [0.25, 0.3) is 0 Å². The lowest BCUT2D eigenvalue weighted by Gasteiger charge is -2.13. The lowest BCUT2D eigenvalue weighted by Crippen LogP contribution is -2.40. The number of carbonyl (C=O) groups excluding carboxylic acids is 3. The van der Waals surface area contributed by atoms with Gasteiger partial charge in [-0.15, -0.1) is 0 Å². The highest BCUT2D eigenvalue weighted by molar-refractivity contribution is 5.85. The normalized spacial score (nSPS) is 11.5. The van der Waals surface area contributed by atoms with Gasteiger partial charge in [0.2, 0.25) is 17.7 Å². The van der Waals surface area contributed by atoms with Gasteiger partial charge in [-0.05, 0) is 12.8 Å². The average Bonchev–Trinajstić information content (AvgIpc) is 2.35. The maximum atomic E-state index is 11.3. The number of carbonyl (C=O) groups is 3. The van der Waals surface area contributed by atoms with Crippen LogP contribution in [0.5, 0.6) is 0 Å². The Morgan fingerprint density at radius 3 is 2.00 bits per heavy atom. The largest absolute Gasteiger partial charge is 0.294 e. The Morgan fingerprint density at radius 1 is 0.941 bits per heavy atom. The summed E-state index contributed by atoms with van der Waals surface area (Å²) in [5.41, 5.74) is 5.86. The molecule has 17 heavy (non-hydrogen) atoms. The molecule has 9 heteroatoms. The van der Waals surface area contributed by atoms with E-state index in [1.54, 1.807) is 0 Å². The van der Waals surface area contributed by atoms with Gasteiger partial charge in [-0.25, -0.2) is 17.5 Å². The van der Waals surface area contributed by atoms with E-state index in [0.29, 0.717) is 12.8 Å². The number of amides is 3. The molecule has 0 aromatic rings. The molecule has 0 aromatic heterocycles. The van der Waals surface area contributed by atoms with Gasteiger partial charge in [-0.1, -0.05) is 0 Å². The molecule has 9 nitrogen and oxygen atoms in total. The van der Waals surface area contributed by atoms with Crippen molar-refractivity contribution < 1.29 is 14.4 Å². The predicted octanol–water partition coefficient (Wildman–Crippen LogP) is -2.87. The van der Waals surface area contributed by atoms with Crippen LogP contribution in [0.3, 0.4) is 0 Å². The molecule has 0 radical (unpaired) electrons. The first-order valence-corrected chi connectivity index (χ1v) is 5.04. The Bertz CT molecular complexity index is 282. The number of hydrogen-bond donors (Lipinski definition) is 6. The molecule has 0 aliphatic rings. The number of hydrazine groups is 3. The molecule has 9 N–H and O–H groups in total. The van der Waals surface area contributed by atoms with Gasteiger partial charge in [-0.2, -0.15) is 0 Å². The van der Waals surface area contributed by atoms with Crippen molar-refractivity contribution in [1.29, 1.82) is 0 Å². The van der Waals surface area contributed by atoms with Crippen LogP contribution in [-0.2, 0) is 14.4 Å². The average molecular weight is 246 g/mol. The minimum Gasteiger partial charge on any atom is -0.294 e. The molecule has 0 fully saturated rings. The molecule has 0 aliphatic carbocycles. The van der Waals surface area contributed by atoms with E-state index in [-0.39, 0.29) is 18.7 Å². The van der Waals surface area contributed by atoms with Crippen LogP contribution in [0, 0.1) is 5.92 Å². The highest BCUT2D eigenvalue weighted by Gasteiger charge is 2.20. The van der Waals surface area contributed by atoms with Gasteiger partial charge in [0.1, 0.15) is 0 Å². The minimum absolute atomic E-state index is 0.0796. The third kappa shape index (κ3) is 6.45. The highest BCUT2D eigenvalue weighted by Crippen LogP contribution is 2.12. The van der Waals surface area contributed by atoms with Crippen molar-refractivity contribution in [2.75, 3.05) is 0 Å². The van der Waals surface area contributed by atoms with Gasteiger partial charge in [-0.3, -0.25) is 30.7 Å². The molecule has 0 bridgehead atoms. The first-order chi connectivity index (χ1) is 8.04. The van der Waals surface area contributed by atoms with Crippen LogP contribution in [0.15, 0.2) is 0 Å². The fourth-order valence-corrected chi connectivity index (χ4v) is 1.31. The minimum atomic E-state index is -0.617. The molecule has 98 valence electrons. The Kier molecular flexibility index (Phi) is 7.59. The molecule has 0 saturated heterocycles. The van der Waals surface area contributed by atoms with E-state index in [2.05, 4.69) is 0 Å². The monoisotopic (exact) mass is 246 g/mol. The van der Waals surface area contributed by atoms with E-state index in [1.165, 1.54) is 0 Å². The second kappa shape index (κ2) is 8.44. The van der Waals surface area contributed by atoms with Crippen molar-refractivity contribution in [3.05, 3.63) is 0 Å². The Balaban J connectivity index is 4.15. The van der Waals surface area contributed by atoms with E-state index >= 15 is 0 Å². The van der Waals surface area contributed by atoms with E-state index in [9.17, 15) is 14.4 Å². The third-order valence-corrected chi connectivity index (χ3v) is 2.22. The number of nitrogens with two attached hydrogens (primary N) is 3. The van der Waals surface area contributed by atoms with E-state index in [1.807, 2.05) is 16.3 Å². The first kappa shape index (κ1) is 15.3. The van der Waals surface area contributed by atoms with Crippen LogP contribution in [-0.4, -0.2) is 17.7 Å². The fourth-order valence-electron chi connectivity index (χ4n) is 1.31. The summed E-state index contributed by atoms with van der Waals surface area (Å²) in [6.45, 7) is 0. The lowest BCUT2D eigenvalue weighted by molar-refractivity contribution is -0.130. The van der Waals surface area contributed by atoms with Crippen molar-refractivity contribution >= 4 is 17.7 Å². The summed E-state index contributed by atoms with van der Waals surface area (Å²) in [4.78, 5) is 33.2. The molecule has 0 aliphatic heterocycles. The summed E-state index contributed by atoms with van der Waals surface area (Å²) in [6.07, 6.45) is 0.849. The van der Waals surface area contributed by atoms with Crippen molar-refractivity contribution in [1.82, 2.24) is 16.3 Å². The van der Waals surface area contributed by atoms with Gasteiger partial charge in [0.15, 0.2) is 0 Å². The molecule has 0 aromatic carbocycles. The maximum Gasteiger partial charge on any atom is 0.237 e. The van der Waals surface area contributed by atoms with E-state index in [4.69, 9.17) is 17.5 Å². The zero-order valence-corrected chi connectivity index (χ0v) is 9.36. The van der Waals surface area contributed by atoms with Crippen LogP contribution in [0.4, 0.5) is 0 Å². The molecule has 0 heterocycles. The second-order valence-electron chi connectivity index (χ2n) is 3.44. The van der Waals surface area contributed by atoms with E-state index in [0.717, 1.165) is 0 Å². The van der Waals surface area contributed by atoms with Crippen molar-refractivity contribution in [3.8, 4) is 0 Å². The Morgan fingerprint density at radius 2 is 1.53 bits per heavy atom. The summed E-state index contributed by atoms with van der Waals surface area (Å²) < 4.78 is 0. The second-order valence-corrected chi connectivity index (χ2v) is 3.44. The molecular formula is C8H18N6O3. The summed E-state index contributed by atoms with van der Waals surface area (Å²) in [5.74, 6) is 12.9. The molecule has 0 saturated carbocycles. The van der Waals surface area contributed by atoms with Crippen LogP contribution >= 0.6 is 0 Å². The fraction of sp³-hybridized carbons (Fsp3) is 0.625. The first-order valence-electron chi connectivity index (χ1n) is 5.04. The van der Waals surface area contributed by atoms with Gasteiger partial charge in [0.25, 0.3) is 0 Å². The maximum absolute atomic E-state index is 11.3. The standard InChI is InChI=1S/C8H18N6O3/c9-12-6(15)3-1-2-5(8(17)14-11)4-7(16)13-10/h5H,1-4,9-11H2,(H,12,15)(H,13,16)(H,14,17). The molecule has 3 amide bonds. The molecule has 0 rings (SSSR count). The molecule has 0 spiro atoms. The lowest BCUT2D eigenvalue weighted by atomic mass is 9.97. The zero-order chi connectivity index (χ0) is 13.3. The van der Waals surface area contributed by atoms with Gasteiger partial charge in [0, 0.05) is 18.8 Å². The van der Waals surface area contributed by atoms with Crippen LogP contribution in [0.2, 0.25) is 0 Å². The van der Waals surface area contributed by atoms with Crippen molar-refractivity contribution in [2.24, 2.45) is 23.4 Å². The van der Waals surface area contributed by atoms with E-state index < -0.39 is 17.7 Å². The number of rotatable bonds is 7. The molecule has 1 unspecified atom stereocenters. The molecule has 1 atom stereocenters. The topological polar surface area (TPSA) is 165 Å². The predicted molar refractivity (Wildman–Crippen MR) is 58.9 cm³/mol. The third-order valence-electron chi connectivity index (χ3n) is 2.22. The summed E-state index contributed by atoms with van der Waals surface area (Å²) in [5, 5.41) is 0.